The number of aromatic nitrogens is 1. The number of hydrogen-bond donors (Lipinski definition) is 2. The molecule has 0 radical (unpaired) electrons. The Morgan fingerprint density at radius 1 is 1.44 bits per heavy atom. The molecule has 1 aromatic rings. The second-order valence-corrected chi connectivity index (χ2v) is 6.67. The van der Waals surface area contributed by atoms with Crippen LogP contribution in [-0.4, -0.2) is 63.9 Å². The number of nitrogens with zero attached hydrogens (tertiary/aromatic N) is 2. The maximum Gasteiger partial charge on any atom is 0.305 e. The van der Waals surface area contributed by atoms with Gasteiger partial charge in [-0.05, 0) is 30.9 Å². The summed E-state index contributed by atoms with van der Waals surface area (Å²) in [4.78, 5) is 28.6. The molecule has 27 heavy (non-hydrogen) atoms. The highest BCUT2D eigenvalue weighted by Crippen LogP contribution is 2.20. The second-order valence-electron chi connectivity index (χ2n) is 6.67. The van der Waals surface area contributed by atoms with Crippen molar-refractivity contribution in [3.8, 4) is 0 Å². The van der Waals surface area contributed by atoms with Crippen molar-refractivity contribution in [1.29, 1.82) is 0 Å². The monoisotopic (exact) mass is 376 g/mol. The Hall–Kier alpha value is -2.25. The van der Waals surface area contributed by atoms with Crippen molar-refractivity contribution < 1.29 is 24.5 Å². The maximum absolute atomic E-state index is 12.3. The van der Waals surface area contributed by atoms with Gasteiger partial charge in [0.2, 0.25) is 5.91 Å². The quantitative estimate of drug-likeness (QED) is 0.451. The fraction of sp³-hybridized carbons (Fsp3) is 0.550. The molecule has 1 fully saturated rings. The number of piperidine rings is 1. The van der Waals surface area contributed by atoms with Crippen LogP contribution in [0.5, 0.6) is 0 Å². The molecule has 1 amide bonds. The zero-order valence-electron chi connectivity index (χ0n) is 15.5. The van der Waals surface area contributed by atoms with Crippen molar-refractivity contribution >= 4 is 11.9 Å². The van der Waals surface area contributed by atoms with E-state index in [0.717, 1.165) is 18.4 Å². The van der Waals surface area contributed by atoms with Crippen molar-refractivity contribution in [1.82, 2.24) is 9.88 Å². The number of amides is 1. The number of carbonyl (C=O) groups is 2. The molecule has 7 heteroatoms. The normalized spacial score (nSPS) is 18.8. The molecule has 7 nitrogen and oxygen atoms in total. The number of hydrogen-bond acceptors (Lipinski definition) is 5. The molecule has 0 aromatic carbocycles. The van der Waals surface area contributed by atoms with E-state index in [0.29, 0.717) is 32.4 Å². The minimum atomic E-state index is -0.878. The van der Waals surface area contributed by atoms with Gasteiger partial charge in [-0.3, -0.25) is 14.6 Å². The zero-order chi connectivity index (χ0) is 19.5. The summed E-state index contributed by atoms with van der Waals surface area (Å²) in [5.74, 6) is -0.764. The summed E-state index contributed by atoms with van der Waals surface area (Å²) >= 11 is 0. The van der Waals surface area contributed by atoms with E-state index in [9.17, 15) is 14.7 Å². The van der Waals surface area contributed by atoms with Crippen LogP contribution in [0.3, 0.4) is 0 Å². The Morgan fingerprint density at radius 2 is 2.30 bits per heavy atom. The Morgan fingerprint density at radius 3 is 3.04 bits per heavy atom. The molecule has 1 saturated heterocycles. The van der Waals surface area contributed by atoms with Crippen molar-refractivity contribution in [2.45, 2.75) is 50.7 Å². The average molecular weight is 376 g/mol. The first-order valence-electron chi connectivity index (χ1n) is 9.40. The molecule has 1 aliphatic heterocycles. The lowest BCUT2D eigenvalue weighted by atomic mass is 9.99. The largest absolute Gasteiger partial charge is 0.481 e. The Kier molecular flexibility index (Phi) is 8.94. The number of aliphatic hydroxyl groups is 1. The van der Waals surface area contributed by atoms with Crippen LogP contribution in [0, 0.1) is 0 Å². The lowest BCUT2D eigenvalue weighted by Gasteiger charge is -2.34. The molecule has 2 heterocycles. The van der Waals surface area contributed by atoms with Gasteiger partial charge in [-0.2, -0.15) is 0 Å². The van der Waals surface area contributed by atoms with Crippen LogP contribution >= 0.6 is 0 Å². The van der Waals surface area contributed by atoms with Gasteiger partial charge < -0.3 is 19.8 Å². The van der Waals surface area contributed by atoms with Gasteiger partial charge in [-0.25, -0.2) is 0 Å². The third kappa shape index (κ3) is 7.88. The fourth-order valence-corrected chi connectivity index (χ4v) is 3.12. The van der Waals surface area contributed by atoms with E-state index in [4.69, 9.17) is 9.84 Å². The zero-order valence-corrected chi connectivity index (χ0v) is 15.5. The minimum absolute atomic E-state index is 0.0111. The summed E-state index contributed by atoms with van der Waals surface area (Å²) in [6, 6.07) is 3.74. The molecule has 1 aliphatic rings. The Bertz CT molecular complexity index is 620. The van der Waals surface area contributed by atoms with Gasteiger partial charge in [0.15, 0.2) is 0 Å². The van der Waals surface area contributed by atoms with Gasteiger partial charge in [-0.15, -0.1) is 0 Å². The number of carboxylic acids is 1. The number of ether oxygens (including phenoxy) is 1. The number of pyridine rings is 1. The van der Waals surface area contributed by atoms with E-state index in [-0.39, 0.29) is 25.0 Å². The third-order valence-corrected chi connectivity index (χ3v) is 4.48. The van der Waals surface area contributed by atoms with Crippen LogP contribution in [0.1, 0.15) is 37.7 Å². The highest BCUT2D eigenvalue weighted by Gasteiger charge is 2.25. The average Bonchev–Trinajstić information content (AvgIpc) is 2.65. The Labute approximate surface area is 159 Å². The summed E-state index contributed by atoms with van der Waals surface area (Å²) in [5, 5.41) is 18.8. The number of aliphatic carboxylic acids is 1. The van der Waals surface area contributed by atoms with Gasteiger partial charge in [0.1, 0.15) is 0 Å². The van der Waals surface area contributed by atoms with E-state index < -0.39 is 12.1 Å². The molecular formula is C20H28N2O5. The third-order valence-electron chi connectivity index (χ3n) is 4.48. The summed E-state index contributed by atoms with van der Waals surface area (Å²) in [5.41, 5.74) is 0.963. The highest BCUT2D eigenvalue weighted by molar-refractivity contribution is 5.77. The van der Waals surface area contributed by atoms with Crippen LogP contribution in [0.2, 0.25) is 0 Å². The number of carbonyl (C=O) groups excluding carboxylic acids is 1. The van der Waals surface area contributed by atoms with Gasteiger partial charge in [0, 0.05) is 38.4 Å². The van der Waals surface area contributed by atoms with Gasteiger partial charge >= 0.3 is 5.97 Å². The topological polar surface area (TPSA) is 100.0 Å². The molecule has 0 aliphatic carbocycles. The van der Waals surface area contributed by atoms with Gasteiger partial charge in [0.05, 0.1) is 25.2 Å². The van der Waals surface area contributed by atoms with E-state index in [1.165, 1.54) is 0 Å². The standard InChI is InChI=1S/C20H28N2O5/c23-18(14-16-4-2-10-21-15-16)8-7-17-5-1-6-19(24)22(17)11-3-12-27-13-9-20(25)26/h2,4,7-8,10,15,17-18,23H,1,3,5-6,9,11-14H2,(H,25,26)/t17-,18?/m1/s1. The molecule has 0 spiro atoms. The smallest absolute Gasteiger partial charge is 0.305 e. The first-order chi connectivity index (χ1) is 13.1. The van der Waals surface area contributed by atoms with Crippen LogP contribution in [0.15, 0.2) is 36.7 Å². The Balaban J connectivity index is 1.79. The van der Waals surface area contributed by atoms with E-state index in [2.05, 4.69) is 4.98 Å². The number of carboxylic acid groups (broad SMARTS) is 1. The van der Waals surface area contributed by atoms with Crippen LogP contribution in [-0.2, 0) is 20.7 Å². The van der Waals surface area contributed by atoms with Crippen molar-refractivity contribution in [2.75, 3.05) is 19.8 Å². The van der Waals surface area contributed by atoms with Crippen LogP contribution in [0.25, 0.3) is 0 Å². The highest BCUT2D eigenvalue weighted by atomic mass is 16.5. The molecule has 1 aromatic heterocycles. The van der Waals surface area contributed by atoms with E-state index >= 15 is 0 Å². The maximum atomic E-state index is 12.3. The van der Waals surface area contributed by atoms with Crippen molar-refractivity contribution in [3.05, 3.63) is 42.2 Å². The molecule has 1 unspecified atom stereocenters. The van der Waals surface area contributed by atoms with Crippen LogP contribution in [0.4, 0.5) is 0 Å². The summed E-state index contributed by atoms with van der Waals surface area (Å²) in [6.07, 6.45) is 9.89. The summed E-state index contributed by atoms with van der Waals surface area (Å²) < 4.78 is 5.29. The molecule has 2 N–H and O–H groups in total. The first kappa shape index (κ1) is 21.1. The lowest BCUT2D eigenvalue weighted by Crippen LogP contribution is -2.43. The molecule has 148 valence electrons. The second kappa shape index (κ2) is 11.5. The van der Waals surface area contributed by atoms with Crippen molar-refractivity contribution in [2.24, 2.45) is 0 Å². The molecule has 2 atom stereocenters. The molecule has 0 saturated carbocycles. The summed E-state index contributed by atoms with van der Waals surface area (Å²) in [7, 11) is 0. The minimum Gasteiger partial charge on any atom is -0.481 e. The van der Waals surface area contributed by atoms with E-state index in [1.54, 1.807) is 18.5 Å². The molecule has 0 bridgehead atoms. The molecule has 2 rings (SSSR count). The summed E-state index contributed by atoms with van der Waals surface area (Å²) in [6.45, 7) is 1.18. The first-order valence-corrected chi connectivity index (χ1v) is 9.40. The predicted octanol–water partition coefficient (Wildman–Crippen LogP) is 1.80. The SMILES string of the molecule is O=C(O)CCOCCCN1C(=O)CCC[C@@H]1C=CC(O)Cc1cccnc1. The van der Waals surface area contributed by atoms with Crippen LogP contribution < -0.4 is 0 Å². The molecular weight excluding hydrogens is 348 g/mol. The van der Waals surface area contributed by atoms with Crippen molar-refractivity contribution in [3.63, 3.8) is 0 Å². The van der Waals surface area contributed by atoms with E-state index in [1.807, 2.05) is 23.1 Å². The lowest BCUT2D eigenvalue weighted by molar-refractivity contribution is -0.138. The van der Waals surface area contributed by atoms with Gasteiger partial charge in [-0.1, -0.05) is 18.2 Å². The predicted molar refractivity (Wildman–Crippen MR) is 100 cm³/mol. The van der Waals surface area contributed by atoms with Gasteiger partial charge in [0.25, 0.3) is 0 Å². The number of rotatable bonds is 11. The fourth-order valence-electron chi connectivity index (χ4n) is 3.12. The number of likely N-dealkylation sites (tertiary alicyclic amines) is 1. The number of aliphatic hydroxyl groups excluding tert-OH is 1.